The molecule has 0 aliphatic carbocycles. The van der Waals surface area contributed by atoms with Crippen molar-refractivity contribution in [2.75, 3.05) is 7.05 Å². The predicted octanol–water partition coefficient (Wildman–Crippen LogP) is 2.65. The first kappa shape index (κ1) is 14.6. The number of rotatable bonds is 5. The van der Waals surface area contributed by atoms with Crippen LogP contribution in [0.3, 0.4) is 0 Å². The van der Waals surface area contributed by atoms with Gasteiger partial charge in [0.15, 0.2) is 0 Å². The maximum Gasteiger partial charge on any atom is 0.244 e. The normalized spacial score (nSPS) is 13.9. The van der Waals surface area contributed by atoms with Crippen molar-refractivity contribution in [3.8, 4) is 0 Å². The van der Waals surface area contributed by atoms with E-state index >= 15 is 0 Å². The lowest BCUT2D eigenvalue weighted by atomic mass is 10.2. The van der Waals surface area contributed by atoms with Crippen molar-refractivity contribution in [2.24, 2.45) is 0 Å². The molecule has 1 atom stereocenters. The number of nitrogens with zero attached hydrogens (tertiary/aromatic N) is 2. The largest absolute Gasteiger partial charge is 0.262 e. The van der Waals surface area contributed by atoms with Gasteiger partial charge in [0.2, 0.25) is 10.0 Å². The van der Waals surface area contributed by atoms with Gasteiger partial charge < -0.3 is 0 Å². The highest BCUT2D eigenvalue weighted by molar-refractivity contribution is 9.10. The smallest absolute Gasteiger partial charge is 0.244 e. The molecule has 1 aromatic rings. The van der Waals surface area contributed by atoms with Crippen LogP contribution in [0.5, 0.6) is 0 Å². The molecule has 96 valence electrons. The van der Waals surface area contributed by atoms with Crippen LogP contribution in [-0.2, 0) is 10.0 Å². The van der Waals surface area contributed by atoms with Crippen LogP contribution >= 0.6 is 15.9 Å². The van der Waals surface area contributed by atoms with Crippen molar-refractivity contribution < 1.29 is 8.42 Å². The minimum absolute atomic E-state index is 0.0102. The number of hydrogen-bond acceptors (Lipinski definition) is 3. The second-order valence-corrected chi connectivity index (χ2v) is 6.91. The summed E-state index contributed by atoms with van der Waals surface area (Å²) in [6, 6.07) is 1.56. The van der Waals surface area contributed by atoms with E-state index in [4.69, 9.17) is 0 Å². The zero-order chi connectivity index (χ0) is 13.1. The number of aromatic nitrogens is 1. The number of sulfonamides is 1. The zero-order valence-corrected chi connectivity index (χ0v) is 12.6. The van der Waals surface area contributed by atoms with Gasteiger partial charge in [-0.3, -0.25) is 4.98 Å². The van der Waals surface area contributed by atoms with Crippen LogP contribution in [0.15, 0.2) is 27.8 Å². The Labute approximate surface area is 111 Å². The SMILES string of the molecule is CCCC(C)N(C)S(=O)(=O)c1cncc(Br)c1. The molecule has 0 saturated carbocycles. The number of pyridine rings is 1. The molecule has 0 saturated heterocycles. The molecule has 0 aliphatic rings. The van der Waals surface area contributed by atoms with Gasteiger partial charge in [-0.1, -0.05) is 13.3 Å². The van der Waals surface area contributed by atoms with Crippen LogP contribution < -0.4 is 0 Å². The molecule has 0 amide bonds. The molecule has 4 nitrogen and oxygen atoms in total. The number of hydrogen-bond donors (Lipinski definition) is 0. The Morgan fingerprint density at radius 1 is 1.47 bits per heavy atom. The van der Waals surface area contributed by atoms with Crippen LogP contribution in [0.4, 0.5) is 0 Å². The summed E-state index contributed by atoms with van der Waals surface area (Å²) in [6.45, 7) is 3.95. The molecule has 0 aromatic carbocycles. The molecule has 0 aliphatic heterocycles. The lowest BCUT2D eigenvalue weighted by Crippen LogP contribution is -2.35. The summed E-state index contributed by atoms with van der Waals surface area (Å²) >= 11 is 3.23. The number of halogens is 1. The Kier molecular flexibility index (Phi) is 5.09. The maximum absolute atomic E-state index is 12.3. The van der Waals surface area contributed by atoms with Crippen LogP contribution in [0.1, 0.15) is 26.7 Å². The summed E-state index contributed by atoms with van der Waals surface area (Å²) in [4.78, 5) is 4.11. The van der Waals surface area contributed by atoms with Gasteiger partial charge in [0.05, 0.1) is 0 Å². The molecule has 1 aromatic heterocycles. The lowest BCUT2D eigenvalue weighted by molar-refractivity contribution is 0.368. The van der Waals surface area contributed by atoms with Crippen molar-refractivity contribution in [1.29, 1.82) is 0 Å². The van der Waals surface area contributed by atoms with Gasteiger partial charge in [0.25, 0.3) is 0 Å². The van der Waals surface area contributed by atoms with Crippen molar-refractivity contribution in [3.63, 3.8) is 0 Å². The first-order valence-electron chi connectivity index (χ1n) is 5.48. The predicted molar refractivity (Wildman–Crippen MR) is 71.3 cm³/mol. The monoisotopic (exact) mass is 320 g/mol. The standard InChI is InChI=1S/C11H17BrN2O2S/c1-4-5-9(2)14(3)17(15,16)11-6-10(12)7-13-8-11/h6-9H,4-5H2,1-3H3. The second kappa shape index (κ2) is 5.93. The van der Waals surface area contributed by atoms with Crippen molar-refractivity contribution in [1.82, 2.24) is 9.29 Å². The fraction of sp³-hybridized carbons (Fsp3) is 0.545. The third-order valence-corrected chi connectivity index (χ3v) is 5.05. The highest BCUT2D eigenvalue weighted by atomic mass is 79.9. The van der Waals surface area contributed by atoms with Gasteiger partial charge in [-0.05, 0) is 35.3 Å². The third-order valence-electron chi connectivity index (χ3n) is 2.68. The molecule has 6 heteroatoms. The zero-order valence-electron chi connectivity index (χ0n) is 10.2. The van der Waals surface area contributed by atoms with E-state index in [1.165, 1.54) is 10.5 Å². The van der Waals surface area contributed by atoms with Crippen molar-refractivity contribution in [2.45, 2.75) is 37.6 Å². The van der Waals surface area contributed by atoms with Crippen molar-refractivity contribution in [3.05, 3.63) is 22.9 Å². The third kappa shape index (κ3) is 3.50. The first-order valence-corrected chi connectivity index (χ1v) is 7.71. The average molecular weight is 321 g/mol. The summed E-state index contributed by atoms with van der Waals surface area (Å²) in [5.41, 5.74) is 0. The fourth-order valence-electron chi connectivity index (χ4n) is 1.54. The molecule has 0 spiro atoms. The highest BCUT2D eigenvalue weighted by Crippen LogP contribution is 2.20. The van der Waals surface area contributed by atoms with E-state index in [0.717, 1.165) is 12.8 Å². The minimum Gasteiger partial charge on any atom is -0.262 e. The van der Waals surface area contributed by atoms with E-state index in [-0.39, 0.29) is 10.9 Å². The minimum atomic E-state index is -3.44. The van der Waals surface area contributed by atoms with Crippen LogP contribution in [0.2, 0.25) is 0 Å². The Balaban J connectivity index is 3.03. The molecule has 1 unspecified atom stereocenters. The molecular weight excluding hydrogens is 304 g/mol. The van der Waals surface area contributed by atoms with Gasteiger partial charge in [0, 0.05) is 30.0 Å². The van der Waals surface area contributed by atoms with Gasteiger partial charge in [-0.15, -0.1) is 0 Å². The molecule has 1 rings (SSSR count). The Hall–Kier alpha value is -0.460. The molecule has 0 bridgehead atoms. The molecule has 0 fully saturated rings. The highest BCUT2D eigenvalue weighted by Gasteiger charge is 2.25. The fourth-order valence-corrected chi connectivity index (χ4v) is 3.43. The van der Waals surface area contributed by atoms with Gasteiger partial charge in [-0.2, -0.15) is 4.31 Å². The molecule has 0 N–H and O–H groups in total. The van der Waals surface area contributed by atoms with Crippen LogP contribution in [-0.4, -0.2) is 30.8 Å². The van der Waals surface area contributed by atoms with E-state index in [1.54, 1.807) is 19.3 Å². The first-order chi connectivity index (χ1) is 7.89. The molecular formula is C11H17BrN2O2S. The summed E-state index contributed by atoms with van der Waals surface area (Å²) in [5.74, 6) is 0. The van der Waals surface area contributed by atoms with E-state index in [0.29, 0.717) is 4.47 Å². The van der Waals surface area contributed by atoms with E-state index in [2.05, 4.69) is 20.9 Å². The van der Waals surface area contributed by atoms with E-state index in [1.807, 2.05) is 13.8 Å². The van der Waals surface area contributed by atoms with Crippen molar-refractivity contribution >= 4 is 26.0 Å². The summed E-state index contributed by atoms with van der Waals surface area (Å²) in [5, 5.41) is 0. The van der Waals surface area contributed by atoms with Gasteiger partial charge >= 0.3 is 0 Å². The average Bonchev–Trinajstić information content (AvgIpc) is 2.28. The summed E-state index contributed by atoms with van der Waals surface area (Å²) < 4.78 is 26.6. The van der Waals surface area contributed by atoms with E-state index in [9.17, 15) is 8.42 Å². The molecule has 1 heterocycles. The maximum atomic E-state index is 12.3. The topological polar surface area (TPSA) is 50.3 Å². The Morgan fingerprint density at radius 3 is 2.65 bits per heavy atom. The van der Waals surface area contributed by atoms with Gasteiger partial charge in [0.1, 0.15) is 4.90 Å². The van der Waals surface area contributed by atoms with Crippen LogP contribution in [0.25, 0.3) is 0 Å². The quantitative estimate of drug-likeness (QED) is 0.838. The lowest BCUT2D eigenvalue weighted by Gasteiger charge is -2.23. The summed E-state index contributed by atoms with van der Waals surface area (Å²) in [7, 11) is -1.83. The van der Waals surface area contributed by atoms with E-state index < -0.39 is 10.0 Å². The Morgan fingerprint density at radius 2 is 2.12 bits per heavy atom. The Bertz CT molecular complexity index is 476. The molecule has 0 radical (unpaired) electrons. The molecule has 17 heavy (non-hydrogen) atoms. The van der Waals surface area contributed by atoms with Crippen LogP contribution in [0, 0.1) is 0 Å². The second-order valence-electron chi connectivity index (χ2n) is 4.00. The van der Waals surface area contributed by atoms with Gasteiger partial charge in [-0.25, -0.2) is 8.42 Å². The summed E-state index contributed by atoms with van der Waals surface area (Å²) in [6.07, 6.45) is 4.73.